The van der Waals surface area contributed by atoms with E-state index in [1.165, 1.54) is 0 Å². The highest BCUT2D eigenvalue weighted by Gasteiger charge is 2.21. The molecule has 2 N–H and O–H groups in total. The number of carbonyl (C=O) groups excluding carboxylic acids is 1. The van der Waals surface area contributed by atoms with Gasteiger partial charge < -0.3 is 14.9 Å². The third kappa shape index (κ3) is 3.18. The molecule has 0 spiro atoms. The number of hydrogen-bond donors (Lipinski definition) is 2. The van der Waals surface area contributed by atoms with Crippen LogP contribution in [0.2, 0.25) is 0 Å². The molecule has 24 heavy (non-hydrogen) atoms. The van der Waals surface area contributed by atoms with Gasteiger partial charge in [-0.3, -0.25) is 9.78 Å². The van der Waals surface area contributed by atoms with Gasteiger partial charge in [-0.1, -0.05) is 29.4 Å². The Labute approximate surface area is 139 Å². The fraction of sp³-hybridized carbons (Fsp3) is 0.167. The number of hydrogen-bond acceptors (Lipinski definition) is 5. The van der Waals surface area contributed by atoms with Crippen molar-refractivity contribution >= 4 is 5.91 Å². The lowest BCUT2D eigenvalue weighted by molar-refractivity contribution is 0.0949. The highest BCUT2D eigenvalue weighted by atomic mass is 16.5. The molecule has 0 bridgehead atoms. The van der Waals surface area contributed by atoms with Crippen LogP contribution in [-0.2, 0) is 13.2 Å². The lowest BCUT2D eigenvalue weighted by Crippen LogP contribution is -2.24. The van der Waals surface area contributed by atoms with Gasteiger partial charge in [0.05, 0.1) is 6.61 Å². The Morgan fingerprint density at radius 1 is 1.17 bits per heavy atom. The Balaban J connectivity index is 1.82. The van der Waals surface area contributed by atoms with E-state index < -0.39 is 0 Å². The maximum atomic E-state index is 12.6. The van der Waals surface area contributed by atoms with Crippen LogP contribution in [-0.4, -0.2) is 21.2 Å². The van der Waals surface area contributed by atoms with Crippen LogP contribution < -0.4 is 5.32 Å². The molecule has 0 unspecified atom stereocenters. The van der Waals surface area contributed by atoms with Crippen molar-refractivity contribution in [3.05, 3.63) is 71.2 Å². The predicted octanol–water partition coefficient (Wildman–Crippen LogP) is 2.47. The van der Waals surface area contributed by atoms with Crippen LogP contribution in [0.25, 0.3) is 11.3 Å². The molecule has 6 nitrogen and oxygen atoms in total. The molecule has 0 aliphatic heterocycles. The lowest BCUT2D eigenvalue weighted by atomic mass is 10.1. The second-order valence-corrected chi connectivity index (χ2v) is 5.31. The standard InChI is InChI=1S/C18H17N3O3/c1-12-16(17(21-24-12)13-6-8-19-9-7-13)18(23)20-10-14-4-2-3-5-15(14)11-22/h2-9,22H,10-11H2,1H3,(H,20,23). The van der Waals surface area contributed by atoms with Gasteiger partial charge >= 0.3 is 0 Å². The molecule has 2 heterocycles. The first-order valence-corrected chi connectivity index (χ1v) is 7.53. The first-order valence-electron chi connectivity index (χ1n) is 7.53. The number of carbonyl (C=O) groups is 1. The minimum atomic E-state index is -0.270. The summed E-state index contributed by atoms with van der Waals surface area (Å²) < 4.78 is 5.20. The summed E-state index contributed by atoms with van der Waals surface area (Å²) >= 11 is 0. The highest BCUT2D eigenvalue weighted by molar-refractivity contribution is 6.00. The van der Waals surface area contributed by atoms with Crippen molar-refractivity contribution in [3.63, 3.8) is 0 Å². The summed E-state index contributed by atoms with van der Waals surface area (Å²) in [6, 6.07) is 11.0. The summed E-state index contributed by atoms with van der Waals surface area (Å²) in [5.74, 6) is 0.183. The average molecular weight is 323 g/mol. The number of aliphatic hydroxyl groups excluding tert-OH is 1. The van der Waals surface area contributed by atoms with E-state index in [9.17, 15) is 9.90 Å². The molecule has 0 aliphatic rings. The monoisotopic (exact) mass is 323 g/mol. The van der Waals surface area contributed by atoms with Crippen molar-refractivity contribution in [3.8, 4) is 11.3 Å². The van der Waals surface area contributed by atoms with Crippen molar-refractivity contribution in [2.45, 2.75) is 20.1 Å². The number of amides is 1. The number of nitrogens with one attached hydrogen (secondary N) is 1. The van der Waals surface area contributed by atoms with Crippen molar-refractivity contribution in [1.82, 2.24) is 15.5 Å². The molecule has 0 aliphatic carbocycles. The zero-order valence-corrected chi connectivity index (χ0v) is 13.2. The number of aryl methyl sites for hydroxylation is 1. The fourth-order valence-electron chi connectivity index (χ4n) is 2.49. The van der Waals surface area contributed by atoms with Crippen molar-refractivity contribution in [2.75, 3.05) is 0 Å². The largest absolute Gasteiger partial charge is 0.392 e. The molecule has 2 aromatic heterocycles. The number of aromatic nitrogens is 2. The van der Waals surface area contributed by atoms with Crippen LogP contribution in [0.5, 0.6) is 0 Å². The molecule has 0 saturated carbocycles. The molecule has 122 valence electrons. The van der Waals surface area contributed by atoms with Crippen LogP contribution in [0.3, 0.4) is 0 Å². The van der Waals surface area contributed by atoms with E-state index in [0.29, 0.717) is 23.6 Å². The Hall–Kier alpha value is -2.99. The van der Waals surface area contributed by atoms with E-state index in [4.69, 9.17) is 4.52 Å². The molecule has 0 saturated heterocycles. The van der Waals surface area contributed by atoms with Crippen LogP contribution in [0.1, 0.15) is 27.2 Å². The van der Waals surface area contributed by atoms with E-state index in [1.54, 1.807) is 31.5 Å². The van der Waals surface area contributed by atoms with E-state index >= 15 is 0 Å². The Bertz CT molecular complexity index is 844. The first kappa shape index (κ1) is 15.9. The second-order valence-electron chi connectivity index (χ2n) is 5.31. The highest BCUT2D eigenvalue weighted by Crippen LogP contribution is 2.24. The summed E-state index contributed by atoms with van der Waals surface area (Å²) in [7, 11) is 0. The topological polar surface area (TPSA) is 88.2 Å². The van der Waals surface area contributed by atoms with Gasteiger partial charge in [0, 0.05) is 24.5 Å². The molecular formula is C18H17N3O3. The third-order valence-corrected chi connectivity index (χ3v) is 3.77. The number of aliphatic hydroxyl groups is 1. The Kier molecular flexibility index (Phi) is 4.67. The van der Waals surface area contributed by atoms with Crippen molar-refractivity contribution in [2.24, 2.45) is 0 Å². The number of nitrogens with zero attached hydrogens (tertiary/aromatic N) is 2. The summed E-state index contributed by atoms with van der Waals surface area (Å²) in [5, 5.41) is 16.2. The van der Waals surface area contributed by atoms with Gasteiger partial charge in [-0.25, -0.2) is 0 Å². The average Bonchev–Trinajstić information content (AvgIpc) is 3.02. The summed E-state index contributed by atoms with van der Waals surface area (Å²) in [5.41, 5.74) is 3.32. The third-order valence-electron chi connectivity index (χ3n) is 3.77. The quantitative estimate of drug-likeness (QED) is 0.753. The molecular weight excluding hydrogens is 306 g/mol. The number of rotatable bonds is 5. The molecule has 1 aromatic carbocycles. The molecule has 0 fully saturated rings. The van der Waals surface area contributed by atoms with Crippen LogP contribution in [0, 0.1) is 6.92 Å². The van der Waals surface area contributed by atoms with Crippen molar-refractivity contribution in [1.29, 1.82) is 0 Å². The maximum absolute atomic E-state index is 12.6. The smallest absolute Gasteiger partial charge is 0.257 e. The summed E-state index contributed by atoms with van der Waals surface area (Å²) in [4.78, 5) is 16.6. The van der Waals surface area contributed by atoms with Gasteiger partial charge in [0.2, 0.25) is 0 Å². The minimum Gasteiger partial charge on any atom is -0.392 e. The second kappa shape index (κ2) is 7.06. The molecule has 3 aromatic rings. The van der Waals surface area contributed by atoms with Crippen LogP contribution in [0.4, 0.5) is 0 Å². The van der Waals surface area contributed by atoms with Gasteiger partial charge in [0.15, 0.2) is 0 Å². The van der Waals surface area contributed by atoms with Gasteiger partial charge in [0.1, 0.15) is 17.0 Å². The Morgan fingerprint density at radius 3 is 2.58 bits per heavy atom. The molecule has 6 heteroatoms. The predicted molar refractivity (Wildman–Crippen MR) is 88.0 cm³/mol. The molecule has 3 rings (SSSR count). The zero-order chi connectivity index (χ0) is 16.9. The van der Waals surface area contributed by atoms with Gasteiger partial charge in [-0.2, -0.15) is 0 Å². The van der Waals surface area contributed by atoms with Crippen LogP contribution >= 0.6 is 0 Å². The van der Waals surface area contributed by atoms with Crippen molar-refractivity contribution < 1.29 is 14.4 Å². The number of pyridine rings is 1. The molecule has 0 radical (unpaired) electrons. The lowest BCUT2D eigenvalue weighted by Gasteiger charge is -2.09. The van der Waals surface area contributed by atoms with Gasteiger partial charge in [-0.05, 0) is 30.2 Å². The number of benzene rings is 1. The summed E-state index contributed by atoms with van der Waals surface area (Å²) in [6.45, 7) is 1.95. The first-order chi connectivity index (χ1) is 11.7. The van der Waals surface area contributed by atoms with Crippen LogP contribution in [0.15, 0.2) is 53.3 Å². The van der Waals surface area contributed by atoms with Gasteiger partial charge in [0.25, 0.3) is 5.91 Å². The fourth-order valence-corrected chi connectivity index (χ4v) is 2.49. The minimum absolute atomic E-state index is 0.0688. The SMILES string of the molecule is Cc1onc(-c2ccncc2)c1C(=O)NCc1ccccc1CO. The zero-order valence-electron chi connectivity index (χ0n) is 13.2. The summed E-state index contributed by atoms with van der Waals surface area (Å²) in [6.07, 6.45) is 3.27. The maximum Gasteiger partial charge on any atom is 0.257 e. The molecule has 0 atom stereocenters. The van der Waals surface area contributed by atoms with E-state index in [2.05, 4.69) is 15.5 Å². The molecule has 1 amide bonds. The van der Waals surface area contributed by atoms with Gasteiger partial charge in [-0.15, -0.1) is 0 Å². The normalized spacial score (nSPS) is 10.6. The van der Waals surface area contributed by atoms with E-state index in [1.807, 2.05) is 24.3 Å². The van der Waals surface area contributed by atoms with E-state index in [0.717, 1.165) is 16.7 Å². The Morgan fingerprint density at radius 2 is 1.88 bits per heavy atom. The van der Waals surface area contributed by atoms with E-state index in [-0.39, 0.29) is 12.5 Å².